The van der Waals surface area contributed by atoms with Crippen LogP contribution in [-0.2, 0) is 0 Å². The van der Waals surface area contributed by atoms with E-state index in [0.717, 1.165) is 0 Å². The topological polar surface area (TPSA) is 3.24 Å². The molecule has 2 aromatic rings. The van der Waals surface area contributed by atoms with E-state index in [1.165, 1.54) is 10.6 Å². The van der Waals surface area contributed by atoms with E-state index in [1.807, 2.05) is 0 Å². The van der Waals surface area contributed by atoms with E-state index in [1.54, 1.807) is 5.29 Å². The van der Waals surface area contributed by atoms with Crippen LogP contribution in [0.25, 0.3) is 0 Å². The molecule has 1 aliphatic carbocycles. The second-order valence-electron chi connectivity index (χ2n) is 6.02. The Morgan fingerprint density at radius 2 is 1.77 bits per heavy atom. The van der Waals surface area contributed by atoms with Crippen LogP contribution in [0.1, 0.15) is 6.92 Å². The molecule has 114 valence electrons. The minimum Gasteiger partial charge on any atom is -0.307 e. The summed E-state index contributed by atoms with van der Waals surface area (Å²) in [6.45, 7) is 2.32. The molecule has 1 nitrogen and oxygen atoms in total. The minimum atomic E-state index is -0.440. The molecule has 3 atom stereocenters. The number of allylic oxidation sites excluding steroid dienone is 2. The molecule has 0 bridgehead atoms. The lowest BCUT2D eigenvalue weighted by Gasteiger charge is -2.29. The maximum absolute atomic E-state index is 2.36. The molecule has 0 amide bonds. The molecule has 0 fully saturated rings. The average Bonchev–Trinajstić information content (AvgIpc) is 3.20. The van der Waals surface area contributed by atoms with Gasteiger partial charge in [-0.25, -0.2) is 24.6 Å². The van der Waals surface area contributed by atoms with Crippen molar-refractivity contribution in [1.29, 1.82) is 0 Å². The summed E-state index contributed by atoms with van der Waals surface area (Å²) >= 11 is 0. The van der Waals surface area contributed by atoms with Gasteiger partial charge in [0.25, 0.3) is 0 Å². The molecule has 0 aliphatic heterocycles. The summed E-state index contributed by atoms with van der Waals surface area (Å²) in [5.74, 6) is 0.496. The highest BCUT2D eigenvalue weighted by Gasteiger charge is 2.27. The number of hydrogen-bond acceptors (Lipinski definition) is 1. The normalized spacial score (nSPS) is 21.0. The monoisotopic (exact) mass is 308 g/mol. The van der Waals surface area contributed by atoms with Crippen molar-refractivity contribution in [2.24, 2.45) is 5.92 Å². The van der Waals surface area contributed by atoms with Crippen molar-refractivity contribution in [3.05, 3.63) is 73.2 Å². The summed E-state index contributed by atoms with van der Waals surface area (Å²) < 4.78 is 0. The molecule has 0 spiro atoms. The minimum absolute atomic E-state index is 0.440. The lowest BCUT2D eigenvalue weighted by atomic mass is 9.98. The van der Waals surface area contributed by atoms with Gasteiger partial charge in [-0.05, 0) is 32.1 Å². The number of hydrogen-bond donors (Lipinski definition) is 0. The highest BCUT2D eigenvalue weighted by molar-refractivity contribution is 7.73. The zero-order valence-corrected chi connectivity index (χ0v) is 14.4. The third-order valence-electron chi connectivity index (χ3n) is 4.44. The van der Waals surface area contributed by atoms with Crippen molar-refractivity contribution in [1.82, 2.24) is 4.90 Å². The maximum atomic E-state index is 2.36. The second-order valence-corrected chi connectivity index (χ2v) is 8.24. The van der Waals surface area contributed by atoms with Gasteiger partial charge >= 0.3 is 0 Å². The lowest BCUT2D eigenvalue weighted by Crippen LogP contribution is -2.35. The standard InChI is InChI=1S/C20H23NP/c1-16(21(2)3)19-14-9-15-20(19)22(18-12-7-8-13-18)17-10-5-4-6-11-17/h4-16,19H,1-3H3/q-1. The fraction of sp³-hybridized carbons (Fsp3) is 0.250. The zero-order chi connectivity index (χ0) is 15.5. The van der Waals surface area contributed by atoms with E-state index in [4.69, 9.17) is 0 Å². The Bertz CT molecular complexity index is 665. The maximum Gasteiger partial charge on any atom is 0.140 e. The van der Waals surface area contributed by atoms with E-state index in [0.29, 0.717) is 12.0 Å². The van der Waals surface area contributed by atoms with Gasteiger partial charge in [-0.2, -0.15) is 6.08 Å². The van der Waals surface area contributed by atoms with Crippen molar-refractivity contribution in [3.63, 3.8) is 0 Å². The van der Waals surface area contributed by atoms with Crippen LogP contribution in [0.4, 0.5) is 0 Å². The van der Waals surface area contributed by atoms with Crippen LogP contribution in [0.3, 0.4) is 0 Å². The molecule has 0 saturated heterocycles. The van der Waals surface area contributed by atoms with Gasteiger partial charge in [0.2, 0.25) is 0 Å². The van der Waals surface area contributed by atoms with Crippen molar-refractivity contribution < 1.29 is 0 Å². The molecule has 0 aromatic heterocycles. The van der Waals surface area contributed by atoms with E-state index in [9.17, 15) is 0 Å². The Morgan fingerprint density at radius 1 is 1.09 bits per heavy atom. The molecule has 0 heterocycles. The van der Waals surface area contributed by atoms with Gasteiger partial charge in [0.05, 0.1) is 7.55 Å². The van der Waals surface area contributed by atoms with E-state index >= 15 is 0 Å². The summed E-state index contributed by atoms with van der Waals surface area (Å²) in [6.07, 6.45) is 6.94. The molecule has 2 aromatic carbocycles. The van der Waals surface area contributed by atoms with Gasteiger partial charge in [-0.3, -0.25) is 0 Å². The lowest BCUT2D eigenvalue weighted by molar-refractivity contribution is 0.287. The molecule has 0 radical (unpaired) electrons. The first-order valence-corrected chi connectivity index (χ1v) is 9.14. The van der Waals surface area contributed by atoms with Crippen LogP contribution in [0.5, 0.6) is 0 Å². The summed E-state index contributed by atoms with van der Waals surface area (Å²) in [5, 5.41) is 4.45. The quantitative estimate of drug-likeness (QED) is 0.618. The predicted molar refractivity (Wildman–Crippen MR) is 99.8 cm³/mol. The van der Waals surface area contributed by atoms with E-state index in [2.05, 4.69) is 99.1 Å². The van der Waals surface area contributed by atoms with Gasteiger partial charge < -0.3 is 4.90 Å². The third-order valence-corrected chi connectivity index (χ3v) is 7.03. The van der Waals surface area contributed by atoms with E-state index in [-0.39, 0.29) is 0 Å². The van der Waals surface area contributed by atoms with Crippen molar-refractivity contribution >= 4 is 23.4 Å². The molecular weight excluding hydrogens is 285 g/mol. The first-order chi connectivity index (χ1) is 10.7. The van der Waals surface area contributed by atoms with Gasteiger partial charge in [0.1, 0.15) is 5.30 Å². The Balaban J connectivity index is 2.14. The molecule has 3 unspecified atom stereocenters. The van der Waals surface area contributed by atoms with Gasteiger partial charge in [-0.1, -0.05) is 25.1 Å². The van der Waals surface area contributed by atoms with Gasteiger partial charge in [0.15, 0.2) is 0 Å². The van der Waals surface area contributed by atoms with Crippen molar-refractivity contribution in [2.75, 3.05) is 14.1 Å². The molecule has 22 heavy (non-hydrogen) atoms. The molecule has 2 heteroatoms. The first-order valence-electron chi connectivity index (χ1n) is 7.80. The van der Waals surface area contributed by atoms with Gasteiger partial charge in [-0.15, -0.1) is 12.1 Å². The number of nitrogens with zero attached hydrogens (tertiary/aromatic N) is 1. The van der Waals surface area contributed by atoms with Crippen LogP contribution in [-0.4, -0.2) is 30.3 Å². The zero-order valence-electron chi connectivity index (χ0n) is 13.5. The third kappa shape index (κ3) is 2.92. The summed E-state index contributed by atoms with van der Waals surface area (Å²) in [5.41, 5.74) is 0. The van der Waals surface area contributed by atoms with Crippen LogP contribution in [0.15, 0.2) is 66.7 Å². The van der Waals surface area contributed by atoms with Crippen molar-refractivity contribution in [2.45, 2.75) is 13.0 Å². The van der Waals surface area contributed by atoms with E-state index < -0.39 is 7.55 Å². The first kappa shape index (κ1) is 15.2. The van der Waals surface area contributed by atoms with Crippen LogP contribution in [0, 0.1) is 12.3 Å². The molecule has 0 saturated carbocycles. The average molecular weight is 308 g/mol. The second kappa shape index (κ2) is 6.60. The smallest absolute Gasteiger partial charge is 0.140 e. The largest absolute Gasteiger partial charge is 0.307 e. The highest BCUT2D eigenvalue weighted by Crippen LogP contribution is 2.34. The molecular formula is C20H23NP-. The SMILES string of the molecule is CC(C1[CH-]C=CC1=[P+](c1ccccc1)[c-]1cccc1)N(C)C. The van der Waals surface area contributed by atoms with Crippen LogP contribution in [0.2, 0.25) is 0 Å². The highest BCUT2D eigenvalue weighted by atomic mass is 31.1. The molecule has 0 N–H and O–H groups in total. The Kier molecular flexibility index (Phi) is 4.57. The number of benzene rings is 1. The fourth-order valence-corrected chi connectivity index (χ4v) is 5.64. The Labute approximate surface area is 135 Å². The summed E-state index contributed by atoms with van der Waals surface area (Å²) in [6, 6.07) is 20.3. The Morgan fingerprint density at radius 3 is 2.41 bits per heavy atom. The number of rotatable bonds is 4. The Hall–Kier alpha value is -1.69. The summed E-state index contributed by atoms with van der Waals surface area (Å²) in [7, 11) is 3.90. The molecule has 3 rings (SSSR count). The van der Waals surface area contributed by atoms with Crippen molar-refractivity contribution in [3.8, 4) is 0 Å². The van der Waals surface area contributed by atoms with Gasteiger partial charge in [0, 0.05) is 16.6 Å². The fourth-order valence-electron chi connectivity index (χ4n) is 2.97. The predicted octanol–water partition coefficient (Wildman–Crippen LogP) is 3.35. The molecule has 1 aliphatic rings. The van der Waals surface area contributed by atoms with Crippen LogP contribution >= 0.6 is 7.55 Å². The summed E-state index contributed by atoms with van der Waals surface area (Å²) in [4.78, 5) is 2.32. The van der Waals surface area contributed by atoms with Crippen LogP contribution < -0.4 is 10.6 Å².